The zero-order valence-electron chi connectivity index (χ0n) is 11.4. The number of rotatable bonds is 4. The maximum atomic E-state index is 14.0. The SMILES string of the molecule is CC(N)CC(=O)Nc1ccc(N2CCCC2=O)c(F)c1. The summed E-state index contributed by atoms with van der Waals surface area (Å²) in [6.45, 7) is 2.26. The Morgan fingerprint density at radius 3 is 2.85 bits per heavy atom. The Morgan fingerprint density at radius 2 is 2.30 bits per heavy atom. The number of anilines is 2. The molecule has 1 aromatic carbocycles. The van der Waals surface area contributed by atoms with Gasteiger partial charge >= 0.3 is 0 Å². The fourth-order valence-electron chi connectivity index (χ4n) is 2.21. The summed E-state index contributed by atoms with van der Waals surface area (Å²) in [5.41, 5.74) is 6.15. The van der Waals surface area contributed by atoms with Gasteiger partial charge in [0.2, 0.25) is 11.8 Å². The summed E-state index contributed by atoms with van der Waals surface area (Å²) in [6, 6.07) is 4.07. The molecule has 0 aromatic heterocycles. The zero-order chi connectivity index (χ0) is 14.7. The van der Waals surface area contributed by atoms with Crippen LogP contribution in [0.25, 0.3) is 0 Å². The average Bonchev–Trinajstić information content (AvgIpc) is 2.74. The number of nitrogens with zero attached hydrogens (tertiary/aromatic N) is 1. The lowest BCUT2D eigenvalue weighted by molar-refractivity contribution is -0.117. The second-order valence-corrected chi connectivity index (χ2v) is 5.04. The summed E-state index contributed by atoms with van der Waals surface area (Å²) in [5.74, 6) is -0.846. The molecule has 1 aliphatic heterocycles. The van der Waals surface area contributed by atoms with Crippen LogP contribution in [0.1, 0.15) is 26.2 Å². The number of nitrogens with one attached hydrogen (secondary N) is 1. The highest BCUT2D eigenvalue weighted by atomic mass is 19.1. The maximum Gasteiger partial charge on any atom is 0.227 e. The van der Waals surface area contributed by atoms with Crippen LogP contribution in [0.2, 0.25) is 0 Å². The molecule has 1 unspecified atom stereocenters. The number of carbonyl (C=O) groups excluding carboxylic acids is 2. The van der Waals surface area contributed by atoms with E-state index in [-0.39, 0.29) is 30.0 Å². The largest absolute Gasteiger partial charge is 0.327 e. The molecule has 20 heavy (non-hydrogen) atoms. The minimum Gasteiger partial charge on any atom is -0.327 e. The van der Waals surface area contributed by atoms with E-state index >= 15 is 0 Å². The highest BCUT2D eigenvalue weighted by molar-refractivity contribution is 5.96. The number of amides is 2. The molecule has 1 heterocycles. The van der Waals surface area contributed by atoms with Crippen LogP contribution in [0.5, 0.6) is 0 Å². The van der Waals surface area contributed by atoms with Gasteiger partial charge in [-0.05, 0) is 31.5 Å². The minimum atomic E-state index is -0.515. The second kappa shape index (κ2) is 6.00. The molecule has 1 aliphatic rings. The van der Waals surface area contributed by atoms with Crippen molar-refractivity contribution < 1.29 is 14.0 Å². The zero-order valence-corrected chi connectivity index (χ0v) is 11.4. The molecule has 0 aliphatic carbocycles. The van der Waals surface area contributed by atoms with Gasteiger partial charge in [-0.3, -0.25) is 9.59 Å². The Kier molecular flexibility index (Phi) is 4.34. The van der Waals surface area contributed by atoms with E-state index in [0.717, 1.165) is 6.42 Å². The number of carbonyl (C=O) groups is 2. The first-order valence-electron chi connectivity index (χ1n) is 6.62. The Labute approximate surface area is 116 Å². The molecule has 6 heteroatoms. The van der Waals surface area contributed by atoms with Gasteiger partial charge in [0.05, 0.1) is 5.69 Å². The average molecular weight is 279 g/mol. The van der Waals surface area contributed by atoms with E-state index in [1.165, 1.54) is 17.0 Å². The first-order valence-corrected chi connectivity index (χ1v) is 6.62. The fourth-order valence-corrected chi connectivity index (χ4v) is 2.21. The number of halogens is 1. The molecule has 0 spiro atoms. The highest BCUT2D eigenvalue weighted by Gasteiger charge is 2.24. The molecular weight excluding hydrogens is 261 g/mol. The van der Waals surface area contributed by atoms with Crippen LogP contribution in [0.4, 0.5) is 15.8 Å². The Morgan fingerprint density at radius 1 is 1.55 bits per heavy atom. The van der Waals surface area contributed by atoms with Crippen molar-refractivity contribution in [3.63, 3.8) is 0 Å². The molecule has 0 bridgehead atoms. The summed E-state index contributed by atoms with van der Waals surface area (Å²) < 4.78 is 14.0. The van der Waals surface area contributed by atoms with E-state index < -0.39 is 5.82 Å². The monoisotopic (exact) mass is 279 g/mol. The molecule has 3 N–H and O–H groups in total. The van der Waals surface area contributed by atoms with E-state index in [9.17, 15) is 14.0 Å². The predicted molar refractivity (Wildman–Crippen MR) is 74.9 cm³/mol. The van der Waals surface area contributed by atoms with Crippen molar-refractivity contribution in [1.29, 1.82) is 0 Å². The van der Waals surface area contributed by atoms with E-state index in [2.05, 4.69) is 5.32 Å². The third-order valence-electron chi connectivity index (χ3n) is 3.10. The van der Waals surface area contributed by atoms with E-state index in [4.69, 9.17) is 5.73 Å². The molecule has 0 radical (unpaired) electrons. The molecule has 2 amide bonds. The predicted octanol–water partition coefficient (Wildman–Crippen LogP) is 1.63. The summed E-state index contributed by atoms with van der Waals surface area (Å²) in [7, 11) is 0. The van der Waals surface area contributed by atoms with Gasteiger partial charge in [-0.15, -0.1) is 0 Å². The molecule has 0 saturated carbocycles. The fraction of sp³-hybridized carbons (Fsp3) is 0.429. The Balaban J connectivity index is 2.09. The molecule has 1 atom stereocenters. The lowest BCUT2D eigenvalue weighted by atomic mass is 10.2. The first kappa shape index (κ1) is 14.5. The van der Waals surface area contributed by atoms with Crippen LogP contribution in [-0.2, 0) is 9.59 Å². The molecule has 2 rings (SSSR count). The minimum absolute atomic E-state index is 0.0716. The number of benzene rings is 1. The molecule has 1 saturated heterocycles. The summed E-state index contributed by atoms with van der Waals surface area (Å²) in [5, 5.41) is 2.58. The maximum absolute atomic E-state index is 14.0. The number of hydrogen-bond acceptors (Lipinski definition) is 3. The van der Waals surface area contributed by atoms with Crippen LogP contribution >= 0.6 is 0 Å². The van der Waals surface area contributed by atoms with Gasteiger partial charge in [0.25, 0.3) is 0 Å². The number of hydrogen-bond donors (Lipinski definition) is 2. The summed E-state index contributed by atoms with van der Waals surface area (Å²) in [6.07, 6.45) is 1.37. The first-order chi connectivity index (χ1) is 9.47. The van der Waals surface area contributed by atoms with Gasteiger partial charge in [0.1, 0.15) is 5.82 Å². The molecular formula is C14H18FN3O2. The van der Waals surface area contributed by atoms with Crippen molar-refractivity contribution in [2.24, 2.45) is 5.73 Å². The van der Waals surface area contributed by atoms with Gasteiger partial charge in [-0.1, -0.05) is 0 Å². The van der Waals surface area contributed by atoms with Gasteiger partial charge in [0, 0.05) is 31.1 Å². The third-order valence-corrected chi connectivity index (χ3v) is 3.10. The van der Waals surface area contributed by atoms with Crippen molar-refractivity contribution >= 4 is 23.2 Å². The second-order valence-electron chi connectivity index (χ2n) is 5.04. The van der Waals surface area contributed by atoms with E-state index in [1.54, 1.807) is 13.0 Å². The smallest absolute Gasteiger partial charge is 0.227 e. The lowest BCUT2D eigenvalue weighted by Gasteiger charge is -2.17. The molecule has 1 fully saturated rings. The van der Waals surface area contributed by atoms with Crippen molar-refractivity contribution in [1.82, 2.24) is 0 Å². The normalized spacial score (nSPS) is 16.4. The third kappa shape index (κ3) is 3.33. The van der Waals surface area contributed by atoms with Crippen molar-refractivity contribution in [2.45, 2.75) is 32.2 Å². The van der Waals surface area contributed by atoms with Gasteiger partial charge in [-0.2, -0.15) is 0 Å². The van der Waals surface area contributed by atoms with Crippen LogP contribution in [0.15, 0.2) is 18.2 Å². The van der Waals surface area contributed by atoms with Crippen molar-refractivity contribution in [3.05, 3.63) is 24.0 Å². The van der Waals surface area contributed by atoms with Gasteiger partial charge < -0.3 is 16.0 Å². The van der Waals surface area contributed by atoms with E-state index in [0.29, 0.717) is 18.7 Å². The van der Waals surface area contributed by atoms with Crippen molar-refractivity contribution in [3.8, 4) is 0 Å². The summed E-state index contributed by atoms with van der Waals surface area (Å²) >= 11 is 0. The lowest BCUT2D eigenvalue weighted by Crippen LogP contribution is -2.25. The standard InChI is InChI=1S/C14H18FN3O2/c1-9(16)7-13(19)17-10-4-5-12(11(15)8-10)18-6-2-3-14(18)20/h4-5,8-9H,2-3,6-7,16H2,1H3,(H,17,19). The molecule has 5 nitrogen and oxygen atoms in total. The molecule has 1 aromatic rings. The van der Waals surface area contributed by atoms with Gasteiger partial charge in [-0.25, -0.2) is 4.39 Å². The topological polar surface area (TPSA) is 75.4 Å². The van der Waals surface area contributed by atoms with Crippen LogP contribution in [0, 0.1) is 5.82 Å². The van der Waals surface area contributed by atoms with E-state index in [1.807, 2.05) is 0 Å². The van der Waals surface area contributed by atoms with Crippen LogP contribution in [0.3, 0.4) is 0 Å². The van der Waals surface area contributed by atoms with Crippen molar-refractivity contribution in [2.75, 3.05) is 16.8 Å². The van der Waals surface area contributed by atoms with Crippen LogP contribution in [-0.4, -0.2) is 24.4 Å². The molecule has 108 valence electrons. The quantitative estimate of drug-likeness (QED) is 0.879. The summed E-state index contributed by atoms with van der Waals surface area (Å²) in [4.78, 5) is 24.6. The Hall–Kier alpha value is -1.95. The van der Waals surface area contributed by atoms with Gasteiger partial charge in [0.15, 0.2) is 0 Å². The van der Waals surface area contributed by atoms with Crippen LogP contribution < -0.4 is 16.0 Å². The number of nitrogens with two attached hydrogens (primary N) is 1. The Bertz CT molecular complexity index is 531. The highest BCUT2D eigenvalue weighted by Crippen LogP contribution is 2.26.